The number of hydrogen-bond donors (Lipinski definition) is 0. The fourth-order valence-corrected chi connectivity index (χ4v) is 5.76. The fraction of sp³-hybridized carbons (Fsp3) is 0.351. The summed E-state index contributed by atoms with van der Waals surface area (Å²) in [4.78, 5) is 23.3. The van der Waals surface area contributed by atoms with Crippen molar-refractivity contribution in [3.8, 4) is 22.9 Å². The minimum absolute atomic E-state index is 0.211. The molecular weight excluding hydrogens is 583 g/mol. The van der Waals surface area contributed by atoms with Gasteiger partial charge in [0, 0.05) is 68.2 Å². The molecule has 2 aliphatic heterocycles. The van der Waals surface area contributed by atoms with Gasteiger partial charge in [-0.15, -0.1) is 0 Å². The predicted octanol–water partition coefficient (Wildman–Crippen LogP) is 6.79. The minimum Gasteiger partial charge on any atom is -0.473 e. The van der Waals surface area contributed by atoms with Crippen LogP contribution in [-0.2, 0) is 18.0 Å². The first-order valence-corrected chi connectivity index (χ1v) is 16.1. The molecule has 3 heterocycles. The average Bonchev–Trinajstić information content (AvgIpc) is 3.07. The van der Waals surface area contributed by atoms with E-state index in [1.54, 1.807) is 23.1 Å². The maximum absolute atomic E-state index is 15.8. The highest BCUT2D eigenvalue weighted by molar-refractivity contribution is 5.72. The topological polar surface area (TPSA) is 67.4 Å². The van der Waals surface area contributed by atoms with E-state index in [-0.39, 0.29) is 11.9 Å². The molecule has 4 aromatic rings. The van der Waals surface area contributed by atoms with E-state index in [2.05, 4.69) is 21.7 Å². The molecule has 0 saturated carbocycles. The standard InChI is InChI=1S/C37H41FN4O4/c1-2-3-22-44-37(43)41-20-18-40(19-21-41)31-24-42(25-31)30-14-15-32(34(38)23-30)33-16-17-35(45-26-28-10-6-4-7-11-28)39-36(33)46-27-29-12-8-5-9-13-29/h4-17,23,31H,2-3,18-22,24-27H2,1H3. The van der Waals surface area contributed by atoms with E-state index in [4.69, 9.17) is 14.2 Å². The number of amides is 1. The number of nitrogens with zero attached hydrogens (tertiary/aromatic N) is 4. The van der Waals surface area contributed by atoms with Crippen LogP contribution in [0.3, 0.4) is 0 Å². The SMILES string of the molecule is CCCCOC(=O)N1CCN(C2CN(c3ccc(-c4ccc(OCc5ccccc5)nc4OCc4ccccc4)c(F)c3)C2)CC1. The van der Waals surface area contributed by atoms with Crippen LogP contribution in [0.4, 0.5) is 14.9 Å². The van der Waals surface area contributed by atoms with Gasteiger partial charge in [-0.3, -0.25) is 4.90 Å². The zero-order valence-electron chi connectivity index (χ0n) is 26.3. The quantitative estimate of drug-likeness (QED) is 0.161. The van der Waals surface area contributed by atoms with Gasteiger partial charge in [0.05, 0.1) is 6.61 Å². The first-order valence-electron chi connectivity index (χ1n) is 16.1. The van der Waals surface area contributed by atoms with Crippen LogP contribution in [0.5, 0.6) is 11.8 Å². The summed E-state index contributed by atoms with van der Waals surface area (Å²) in [6.45, 7) is 7.84. The van der Waals surface area contributed by atoms with Gasteiger partial charge in [0.2, 0.25) is 11.8 Å². The van der Waals surface area contributed by atoms with E-state index in [1.165, 1.54) is 0 Å². The summed E-state index contributed by atoms with van der Waals surface area (Å²) in [5.74, 6) is 0.396. The van der Waals surface area contributed by atoms with Crippen molar-refractivity contribution >= 4 is 11.8 Å². The second kappa shape index (κ2) is 15.1. The van der Waals surface area contributed by atoms with Crippen molar-refractivity contribution < 1.29 is 23.4 Å². The molecule has 6 rings (SSSR count). The third-order valence-corrected chi connectivity index (χ3v) is 8.57. The number of carbonyl (C=O) groups is 1. The Morgan fingerprint density at radius 1 is 0.826 bits per heavy atom. The molecule has 1 aromatic heterocycles. The van der Waals surface area contributed by atoms with Crippen molar-refractivity contribution in [2.75, 3.05) is 50.8 Å². The molecule has 0 N–H and O–H groups in total. The minimum atomic E-state index is -0.333. The molecule has 9 heteroatoms. The molecule has 0 atom stereocenters. The molecule has 3 aromatic carbocycles. The number of rotatable bonds is 12. The van der Waals surface area contributed by atoms with Gasteiger partial charge in [0.25, 0.3) is 0 Å². The van der Waals surface area contributed by atoms with E-state index >= 15 is 4.39 Å². The highest BCUT2D eigenvalue weighted by atomic mass is 19.1. The maximum atomic E-state index is 15.8. The number of ether oxygens (including phenoxy) is 3. The normalized spacial score (nSPS) is 15.3. The summed E-state index contributed by atoms with van der Waals surface area (Å²) in [5.41, 5.74) is 3.85. The third-order valence-electron chi connectivity index (χ3n) is 8.57. The lowest BCUT2D eigenvalue weighted by molar-refractivity contribution is 0.0574. The monoisotopic (exact) mass is 624 g/mol. The first-order chi connectivity index (χ1) is 22.6. The number of carbonyl (C=O) groups excluding carboxylic acids is 1. The van der Waals surface area contributed by atoms with Crippen LogP contribution in [0.1, 0.15) is 30.9 Å². The van der Waals surface area contributed by atoms with Gasteiger partial charge in [-0.25, -0.2) is 9.18 Å². The van der Waals surface area contributed by atoms with E-state index < -0.39 is 0 Å². The molecule has 46 heavy (non-hydrogen) atoms. The summed E-state index contributed by atoms with van der Waals surface area (Å²) in [6.07, 6.45) is 1.68. The molecule has 2 aliphatic rings. The summed E-state index contributed by atoms with van der Waals surface area (Å²) in [5, 5.41) is 0. The van der Waals surface area contributed by atoms with Crippen molar-refractivity contribution in [1.29, 1.82) is 0 Å². The number of unbranched alkanes of at least 4 members (excludes halogenated alkanes) is 1. The van der Waals surface area contributed by atoms with Gasteiger partial charge in [-0.2, -0.15) is 4.98 Å². The van der Waals surface area contributed by atoms with Crippen LogP contribution in [-0.4, -0.2) is 72.8 Å². The number of hydrogen-bond acceptors (Lipinski definition) is 7. The Kier molecular flexibility index (Phi) is 10.3. The van der Waals surface area contributed by atoms with Crippen molar-refractivity contribution in [3.05, 3.63) is 108 Å². The van der Waals surface area contributed by atoms with Gasteiger partial charge >= 0.3 is 6.09 Å². The Morgan fingerprint density at radius 2 is 1.48 bits per heavy atom. The molecular formula is C37H41FN4O4. The van der Waals surface area contributed by atoms with E-state index in [0.717, 1.165) is 55.8 Å². The van der Waals surface area contributed by atoms with Crippen molar-refractivity contribution in [2.45, 2.75) is 39.0 Å². The summed E-state index contributed by atoms with van der Waals surface area (Å²) in [6, 6.07) is 29.0. The van der Waals surface area contributed by atoms with E-state index in [1.807, 2.05) is 72.8 Å². The molecule has 2 fully saturated rings. The number of halogens is 1. The molecule has 0 bridgehead atoms. The number of anilines is 1. The molecule has 2 saturated heterocycles. The third kappa shape index (κ3) is 7.77. The first kappa shape index (κ1) is 31.4. The molecule has 0 unspecified atom stereocenters. The molecule has 1 amide bonds. The van der Waals surface area contributed by atoms with Crippen molar-refractivity contribution in [1.82, 2.24) is 14.8 Å². The molecule has 240 valence electrons. The van der Waals surface area contributed by atoms with Gasteiger partial charge < -0.3 is 24.0 Å². The zero-order chi connectivity index (χ0) is 31.7. The van der Waals surface area contributed by atoms with Crippen LogP contribution in [0.2, 0.25) is 0 Å². The number of piperazine rings is 1. The van der Waals surface area contributed by atoms with Gasteiger partial charge in [-0.1, -0.05) is 74.0 Å². The van der Waals surface area contributed by atoms with Gasteiger partial charge in [0.1, 0.15) is 19.0 Å². The summed E-state index contributed by atoms with van der Waals surface area (Å²) in [7, 11) is 0. The Hall–Kier alpha value is -4.63. The lowest BCUT2D eigenvalue weighted by Gasteiger charge is -2.49. The highest BCUT2D eigenvalue weighted by Gasteiger charge is 2.35. The lowest BCUT2D eigenvalue weighted by atomic mass is 10.0. The largest absolute Gasteiger partial charge is 0.473 e. The number of benzene rings is 3. The van der Waals surface area contributed by atoms with Crippen LogP contribution < -0.4 is 14.4 Å². The van der Waals surface area contributed by atoms with Crippen molar-refractivity contribution in [2.24, 2.45) is 0 Å². The second-order valence-electron chi connectivity index (χ2n) is 11.8. The Labute approximate surface area is 270 Å². The van der Waals surface area contributed by atoms with Gasteiger partial charge in [-0.05, 0) is 41.8 Å². The average molecular weight is 625 g/mol. The van der Waals surface area contributed by atoms with Crippen LogP contribution in [0, 0.1) is 5.82 Å². The number of aromatic nitrogens is 1. The zero-order valence-corrected chi connectivity index (χ0v) is 26.3. The smallest absolute Gasteiger partial charge is 0.409 e. The Morgan fingerprint density at radius 3 is 2.13 bits per heavy atom. The van der Waals surface area contributed by atoms with Crippen LogP contribution in [0.15, 0.2) is 91.0 Å². The number of pyridine rings is 1. The van der Waals surface area contributed by atoms with Crippen LogP contribution in [0.25, 0.3) is 11.1 Å². The maximum Gasteiger partial charge on any atom is 0.409 e. The fourth-order valence-electron chi connectivity index (χ4n) is 5.76. The van der Waals surface area contributed by atoms with Crippen LogP contribution >= 0.6 is 0 Å². The second-order valence-corrected chi connectivity index (χ2v) is 11.8. The molecule has 8 nitrogen and oxygen atoms in total. The lowest BCUT2D eigenvalue weighted by Crippen LogP contribution is -2.63. The molecule has 0 radical (unpaired) electrons. The molecule has 0 spiro atoms. The van der Waals surface area contributed by atoms with Gasteiger partial charge in [0.15, 0.2) is 0 Å². The van der Waals surface area contributed by atoms with Crippen molar-refractivity contribution in [3.63, 3.8) is 0 Å². The highest BCUT2D eigenvalue weighted by Crippen LogP contribution is 2.36. The Bertz CT molecular complexity index is 1580. The predicted molar refractivity (Wildman–Crippen MR) is 177 cm³/mol. The summed E-state index contributed by atoms with van der Waals surface area (Å²) >= 11 is 0. The molecule has 0 aliphatic carbocycles. The van der Waals surface area contributed by atoms with E-state index in [9.17, 15) is 4.79 Å². The van der Waals surface area contributed by atoms with E-state index in [0.29, 0.717) is 61.8 Å². The summed E-state index contributed by atoms with van der Waals surface area (Å²) < 4.78 is 33.2. The Balaban J connectivity index is 1.09.